The van der Waals surface area contributed by atoms with Crippen LogP contribution < -0.4 is 5.56 Å². The molecule has 0 N–H and O–H groups in total. The minimum atomic E-state index is -0.0897. The third-order valence-corrected chi connectivity index (χ3v) is 12.2. The van der Waals surface area contributed by atoms with E-state index in [4.69, 9.17) is 15.0 Å². The highest BCUT2D eigenvalue weighted by molar-refractivity contribution is 6.13. The number of nitrogens with zero attached hydrogens (tertiary/aromatic N) is 4. The first-order chi connectivity index (χ1) is 32.1. The van der Waals surface area contributed by atoms with E-state index in [9.17, 15) is 4.79 Å². The molecule has 0 saturated heterocycles. The Balaban J connectivity index is 1.07. The summed E-state index contributed by atoms with van der Waals surface area (Å²) >= 11 is 0. The third-order valence-electron chi connectivity index (χ3n) is 12.2. The molecule has 65 heavy (non-hydrogen) atoms. The topological polar surface area (TPSA) is 60.7 Å². The molecule has 2 aromatic heterocycles. The summed E-state index contributed by atoms with van der Waals surface area (Å²) in [6.07, 6.45) is 3.91. The Labute approximate surface area is 376 Å². The summed E-state index contributed by atoms with van der Waals surface area (Å²) in [7, 11) is 0. The average Bonchev–Trinajstić information content (AvgIpc) is 3.38. The van der Waals surface area contributed by atoms with Gasteiger partial charge in [0.2, 0.25) is 0 Å². The fraction of sp³-hybridized carbons (Fsp3) is 0. The van der Waals surface area contributed by atoms with Gasteiger partial charge in [0.15, 0.2) is 17.5 Å². The van der Waals surface area contributed by atoms with Gasteiger partial charge in [0.05, 0.1) is 5.52 Å². The molecular weight excluding hydrogens is 793 g/mol. The lowest BCUT2D eigenvalue weighted by Gasteiger charge is -2.21. The van der Waals surface area contributed by atoms with Crippen molar-refractivity contribution in [3.8, 4) is 73.2 Å². The van der Waals surface area contributed by atoms with Gasteiger partial charge >= 0.3 is 0 Å². The molecule has 0 saturated carbocycles. The molecule has 0 aliphatic carbocycles. The normalized spacial score (nSPS) is 11.3. The van der Waals surface area contributed by atoms with Crippen LogP contribution >= 0.6 is 0 Å². The summed E-state index contributed by atoms with van der Waals surface area (Å²) < 4.78 is 1.82. The lowest BCUT2D eigenvalue weighted by atomic mass is 9.82. The van der Waals surface area contributed by atoms with Crippen LogP contribution in [-0.4, -0.2) is 19.5 Å². The quantitative estimate of drug-likeness (QED) is 0.136. The molecule has 2 heterocycles. The maximum absolute atomic E-state index is 14.6. The van der Waals surface area contributed by atoms with E-state index in [1.807, 2.05) is 138 Å². The summed E-state index contributed by atoms with van der Waals surface area (Å²) in [6.45, 7) is 8.60. The molecule has 5 heteroatoms. The summed E-state index contributed by atoms with van der Waals surface area (Å²) in [5, 5.41) is 4.77. The number of fused-ring (bicyclic) bond motifs is 4. The monoisotopic (exact) mass is 832 g/mol. The number of rotatable bonds is 9. The maximum Gasteiger partial charge on any atom is 0.263 e. The van der Waals surface area contributed by atoms with Crippen molar-refractivity contribution in [2.75, 3.05) is 0 Å². The molecule has 0 unspecified atom stereocenters. The first kappa shape index (κ1) is 39.1. The highest BCUT2D eigenvalue weighted by Crippen LogP contribution is 2.45. The molecule has 0 aliphatic heterocycles. The maximum atomic E-state index is 14.6. The average molecular weight is 833 g/mol. The third kappa shape index (κ3) is 6.93. The molecule has 0 aliphatic rings. The van der Waals surface area contributed by atoms with Crippen LogP contribution in [0.5, 0.6) is 0 Å². The molecule has 0 radical (unpaired) electrons. The van der Waals surface area contributed by atoms with Crippen molar-refractivity contribution in [3.05, 3.63) is 241 Å². The molecule has 0 fully saturated rings. The van der Waals surface area contributed by atoms with Crippen LogP contribution in [0.15, 0.2) is 224 Å². The lowest BCUT2D eigenvalue weighted by molar-refractivity contribution is 1.05. The second-order valence-corrected chi connectivity index (χ2v) is 16.0. The Bertz CT molecular complexity index is 3620. The van der Waals surface area contributed by atoms with Gasteiger partial charge in [-0.1, -0.05) is 183 Å². The largest absolute Gasteiger partial charge is 0.276 e. The molecule has 306 valence electrons. The van der Waals surface area contributed by atoms with Gasteiger partial charge in [-0.05, 0) is 109 Å². The minimum absolute atomic E-state index is 0.0897. The number of benzene rings is 9. The fourth-order valence-electron chi connectivity index (χ4n) is 9.18. The molecule has 9 aromatic carbocycles. The van der Waals surface area contributed by atoms with Crippen molar-refractivity contribution in [2.24, 2.45) is 0 Å². The zero-order valence-electron chi connectivity index (χ0n) is 35.4. The van der Waals surface area contributed by atoms with E-state index in [0.717, 1.165) is 93.9 Å². The highest BCUT2D eigenvalue weighted by atomic mass is 16.1. The van der Waals surface area contributed by atoms with Gasteiger partial charge in [0.25, 0.3) is 5.56 Å². The van der Waals surface area contributed by atoms with Crippen LogP contribution in [0.3, 0.4) is 0 Å². The summed E-state index contributed by atoms with van der Waals surface area (Å²) in [4.78, 5) is 29.3. The molecule has 0 bridgehead atoms. The van der Waals surface area contributed by atoms with E-state index < -0.39 is 0 Å². The Morgan fingerprint density at radius 1 is 0.354 bits per heavy atom. The number of hydrogen-bond acceptors (Lipinski definition) is 4. The van der Waals surface area contributed by atoms with Crippen molar-refractivity contribution < 1.29 is 0 Å². The molecule has 0 atom stereocenters. The van der Waals surface area contributed by atoms with E-state index >= 15 is 0 Å². The van der Waals surface area contributed by atoms with Crippen LogP contribution in [0, 0.1) is 0 Å². The summed E-state index contributed by atoms with van der Waals surface area (Å²) in [5.74, 6) is 1.73. The summed E-state index contributed by atoms with van der Waals surface area (Å²) in [6, 6.07) is 69.8. The molecule has 11 rings (SSSR count). The van der Waals surface area contributed by atoms with Crippen molar-refractivity contribution >= 4 is 44.6 Å². The standard InChI is InChI=1S/C60H40N4O/c1-3-47-48(4-2)56(40-21-11-6-12-22-40)53-38-44(31-35-50(53)55(47)39-19-9-5-10-20-39)45-32-36-54-52(37-45)49-27-17-18-28-51(49)60(65)64(54)46-33-29-43(30-34-46)59-62-57(41-23-13-7-14-24-41)61-58(63-59)42-25-15-8-16-26-42/h3-38H,1-2H2. The van der Waals surface area contributed by atoms with Crippen LogP contribution in [-0.2, 0) is 0 Å². The smallest absolute Gasteiger partial charge is 0.263 e. The van der Waals surface area contributed by atoms with Crippen LogP contribution in [0.1, 0.15) is 11.1 Å². The second kappa shape index (κ2) is 16.5. The molecule has 0 amide bonds. The summed E-state index contributed by atoms with van der Waals surface area (Å²) in [5.41, 5.74) is 12.7. The molecule has 11 aromatic rings. The molecule has 5 nitrogen and oxygen atoms in total. The van der Waals surface area contributed by atoms with E-state index in [-0.39, 0.29) is 5.56 Å². The number of pyridine rings is 1. The highest BCUT2D eigenvalue weighted by Gasteiger charge is 2.21. The van der Waals surface area contributed by atoms with Gasteiger partial charge in [-0.15, -0.1) is 0 Å². The van der Waals surface area contributed by atoms with Crippen molar-refractivity contribution in [3.63, 3.8) is 0 Å². The predicted molar refractivity (Wildman–Crippen MR) is 271 cm³/mol. The Hall–Kier alpha value is -8.80. The van der Waals surface area contributed by atoms with E-state index in [2.05, 4.69) is 98.1 Å². The Morgan fingerprint density at radius 3 is 1.26 bits per heavy atom. The second-order valence-electron chi connectivity index (χ2n) is 16.0. The van der Waals surface area contributed by atoms with Crippen LogP contribution in [0.4, 0.5) is 0 Å². The number of aromatic nitrogens is 4. The SMILES string of the molecule is C=Cc1c(C=C)c(-c2ccccc2)c2cc(-c3ccc4c(c3)c3ccccc3c(=O)n4-c3ccc(-c4nc(-c5ccccc5)nc(-c5ccccc5)n4)cc3)ccc2c1-c1ccccc1. The van der Waals surface area contributed by atoms with E-state index in [1.54, 1.807) is 0 Å². The molecular formula is C60H40N4O. The lowest BCUT2D eigenvalue weighted by Crippen LogP contribution is -2.19. The van der Waals surface area contributed by atoms with Crippen molar-refractivity contribution in [1.29, 1.82) is 0 Å². The van der Waals surface area contributed by atoms with Gasteiger partial charge < -0.3 is 0 Å². The van der Waals surface area contributed by atoms with Crippen molar-refractivity contribution in [2.45, 2.75) is 0 Å². The van der Waals surface area contributed by atoms with Crippen molar-refractivity contribution in [1.82, 2.24) is 19.5 Å². The molecule has 0 spiro atoms. The van der Waals surface area contributed by atoms with Gasteiger partial charge in [-0.2, -0.15) is 0 Å². The van der Waals surface area contributed by atoms with Gasteiger partial charge in [-0.3, -0.25) is 9.36 Å². The first-order valence-electron chi connectivity index (χ1n) is 21.6. The Morgan fingerprint density at radius 2 is 0.754 bits per heavy atom. The van der Waals surface area contributed by atoms with Crippen LogP contribution in [0.25, 0.3) is 118 Å². The first-order valence-corrected chi connectivity index (χ1v) is 21.6. The predicted octanol–water partition coefficient (Wildman–Crippen LogP) is 14.8. The van der Waals surface area contributed by atoms with Gasteiger partial charge in [-0.25, -0.2) is 15.0 Å². The van der Waals surface area contributed by atoms with E-state index in [1.165, 1.54) is 0 Å². The minimum Gasteiger partial charge on any atom is -0.276 e. The zero-order valence-corrected chi connectivity index (χ0v) is 35.4. The van der Waals surface area contributed by atoms with Crippen LogP contribution in [0.2, 0.25) is 0 Å². The van der Waals surface area contributed by atoms with Gasteiger partial charge in [0, 0.05) is 33.2 Å². The van der Waals surface area contributed by atoms with Gasteiger partial charge in [0.1, 0.15) is 0 Å². The Kier molecular flexibility index (Phi) is 9.91. The number of hydrogen-bond donors (Lipinski definition) is 0. The zero-order chi connectivity index (χ0) is 43.9. The fourth-order valence-corrected chi connectivity index (χ4v) is 9.18. The van der Waals surface area contributed by atoms with E-state index in [0.29, 0.717) is 22.9 Å².